The Morgan fingerprint density at radius 3 is 2.90 bits per heavy atom. The Kier molecular flexibility index (Phi) is 2.72. The van der Waals surface area contributed by atoms with Crippen LogP contribution in [0.2, 0.25) is 0 Å². The van der Waals surface area contributed by atoms with E-state index >= 15 is 0 Å². The monoisotopic (exact) mass is 296 g/mol. The van der Waals surface area contributed by atoms with E-state index in [0.29, 0.717) is 0 Å². The van der Waals surface area contributed by atoms with Gasteiger partial charge in [-0.2, -0.15) is 0 Å². The van der Waals surface area contributed by atoms with Crippen molar-refractivity contribution >= 4 is 53.8 Å². The molecule has 2 heterocycles. The van der Waals surface area contributed by atoms with Crippen molar-refractivity contribution in [3.63, 3.8) is 0 Å². The van der Waals surface area contributed by atoms with Crippen molar-refractivity contribution < 1.29 is 0 Å². The molecule has 4 heteroatoms. The van der Waals surface area contributed by atoms with Gasteiger partial charge in [0.05, 0.1) is 10.2 Å². The number of nitrogens with zero attached hydrogens (tertiary/aromatic N) is 1. The molecule has 1 N–H and O–H groups in total. The maximum Gasteiger partial charge on any atom is 0.188 e. The summed E-state index contributed by atoms with van der Waals surface area (Å²) in [6.45, 7) is 2.11. The first-order chi connectivity index (χ1) is 9.78. The normalized spacial score (nSPS) is 11.2. The standard InChI is InChI=1S/C16H12N2S2/c1-10-2-4-13-15(8-10)20-16(18-13)17-12-3-5-14-11(9-12)6-7-19-14/h2-9H,1H3,(H,17,18). The van der Waals surface area contributed by atoms with Crippen molar-refractivity contribution in [1.29, 1.82) is 0 Å². The van der Waals surface area contributed by atoms with Crippen molar-refractivity contribution in [2.45, 2.75) is 6.92 Å². The van der Waals surface area contributed by atoms with Gasteiger partial charge in [0.25, 0.3) is 0 Å². The third-order valence-corrected chi connectivity index (χ3v) is 5.08. The first-order valence-electron chi connectivity index (χ1n) is 6.39. The van der Waals surface area contributed by atoms with E-state index in [0.717, 1.165) is 16.3 Å². The highest BCUT2D eigenvalue weighted by Crippen LogP contribution is 2.30. The number of aryl methyl sites for hydroxylation is 1. The molecule has 0 saturated heterocycles. The molecule has 2 aromatic heterocycles. The number of aromatic nitrogens is 1. The topological polar surface area (TPSA) is 24.9 Å². The number of nitrogens with one attached hydrogen (secondary N) is 1. The largest absolute Gasteiger partial charge is 0.332 e. The Labute approximate surface area is 124 Å². The van der Waals surface area contributed by atoms with Gasteiger partial charge in [-0.25, -0.2) is 4.98 Å². The molecule has 0 aliphatic carbocycles. The summed E-state index contributed by atoms with van der Waals surface area (Å²) >= 11 is 3.46. The highest BCUT2D eigenvalue weighted by atomic mass is 32.1. The van der Waals surface area contributed by atoms with E-state index in [1.165, 1.54) is 20.3 Å². The highest BCUT2D eigenvalue weighted by Gasteiger charge is 2.05. The number of hydrogen-bond donors (Lipinski definition) is 1. The zero-order chi connectivity index (χ0) is 13.5. The molecule has 0 fully saturated rings. The molecule has 4 rings (SSSR count). The van der Waals surface area contributed by atoms with Gasteiger partial charge in [0.1, 0.15) is 0 Å². The third kappa shape index (κ3) is 2.07. The van der Waals surface area contributed by atoms with Gasteiger partial charge in [0.2, 0.25) is 0 Å². The average Bonchev–Trinajstić information content (AvgIpc) is 3.03. The smallest absolute Gasteiger partial charge is 0.188 e. The van der Waals surface area contributed by atoms with Crippen LogP contribution in [-0.4, -0.2) is 4.98 Å². The molecule has 0 radical (unpaired) electrons. The van der Waals surface area contributed by atoms with Gasteiger partial charge in [-0.15, -0.1) is 11.3 Å². The SMILES string of the molecule is Cc1ccc2nc(Nc3ccc4sccc4c3)sc2c1. The van der Waals surface area contributed by atoms with Gasteiger partial charge in [0.15, 0.2) is 5.13 Å². The molecule has 0 amide bonds. The average molecular weight is 296 g/mol. The summed E-state index contributed by atoms with van der Waals surface area (Å²) in [5, 5.41) is 7.75. The zero-order valence-electron chi connectivity index (χ0n) is 10.9. The lowest BCUT2D eigenvalue weighted by Crippen LogP contribution is -1.88. The zero-order valence-corrected chi connectivity index (χ0v) is 12.5. The molecule has 0 unspecified atom stereocenters. The fourth-order valence-corrected chi connectivity index (χ4v) is 4.01. The van der Waals surface area contributed by atoms with Gasteiger partial charge in [0, 0.05) is 10.4 Å². The van der Waals surface area contributed by atoms with Crippen LogP contribution in [0.4, 0.5) is 10.8 Å². The molecular weight excluding hydrogens is 284 g/mol. The molecule has 4 aromatic rings. The van der Waals surface area contributed by atoms with E-state index in [4.69, 9.17) is 0 Å². The van der Waals surface area contributed by atoms with E-state index in [2.05, 4.69) is 65.1 Å². The number of benzene rings is 2. The van der Waals surface area contributed by atoms with Crippen LogP contribution in [-0.2, 0) is 0 Å². The van der Waals surface area contributed by atoms with Crippen LogP contribution in [0.3, 0.4) is 0 Å². The van der Waals surface area contributed by atoms with Crippen molar-refractivity contribution in [2.75, 3.05) is 5.32 Å². The van der Waals surface area contributed by atoms with E-state index in [-0.39, 0.29) is 0 Å². The Bertz CT molecular complexity index is 905. The molecule has 0 aliphatic heterocycles. The van der Waals surface area contributed by atoms with Crippen molar-refractivity contribution in [1.82, 2.24) is 4.98 Å². The molecule has 20 heavy (non-hydrogen) atoms. The Balaban J connectivity index is 1.72. The molecule has 0 saturated carbocycles. The minimum Gasteiger partial charge on any atom is -0.332 e. The fraction of sp³-hybridized carbons (Fsp3) is 0.0625. The molecule has 98 valence electrons. The molecular formula is C16H12N2S2. The number of fused-ring (bicyclic) bond motifs is 2. The number of thiophene rings is 1. The maximum absolute atomic E-state index is 4.63. The quantitative estimate of drug-likeness (QED) is 0.523. The summed E-state index contributed by atoms with van der Waals surface area (Å²) < 4.78 is 2.54. The van der Waals surface area contributed by atoms with Crippen molar-refractivity contribution in [2.24, 2.45) is 0 Å². The number of thiazole rings is 1. The van der Waals surface area contributed by atoms with Gasteiger partial charge in [-0.1, -0.05) is 17.4 Å². The number of anilines is 2. The lowest BCUT2D eigenvalue weighted by Gasteiger charge is -2.01. The molecule has 0 atom stereocenters. The van der Waals surface area contributed by atoms with Crippen LogP contribution in [0.1, 0.15) is 5.56 Å². The third-order valence-electron chi connectivity index (χ3n) is 3.25. The molecule has 0 aliphatic rings. The van der Waals surface area contributed by atoms with E-state index < -0.39 is 0 Å². The first kappa shape index (κ1) is 11.9. The second-order valence-electron chi connectivity index (χ2n) is 4.79. The fourth-order valence-electron chi connectivity index (χ4n) is 2.25. The first-order valence-corrected chi connectivity index (χ1v) is 8.09. The summed E-state index contributed by atoms with van der Waals surface area (Å²) in [6, 6.07) is 14.9. The Morgan fingerprint density at radius 1 is 1.00 bits per heavy atom. The summed E-state index contributed by atoms with van der Waals surface area (Å²) in [7, 11) is 0. The van der Waals surface area contributed by atoms with Gasteiger partial charge in [-0.3, -0.25) is 0 Å². The number of hydrogen-bond acceptors (Lipinski definition) is 4. The van der Waals surface area contributed by atoms with E-state index in [1.54, 1.807) is 22.7 Å². The van der Waals surface area contributed by atoms with Gasteiger partial charge < -0.3 is 5.32 Å². The van der Waals surface area contributed by atoms with Crippen LogP contribution in [0.25, 0.3) is 20.3 Å². The number of rotatable bonds is 2. The molecule has 2 nitrogen and oxygen atoms in total. The molecule has 0 bridgehead atoms. The Hall–Kier alpha value is -1.91. The van der Waals surface area contributed by atoms with Crippen LogP contribution in [0.5, 0.6) is 0 Å². The van der Waals surface area contributed by atoms with Crippen LogP contribution in [0.15, 0.2) is 47.8 Å². The van der Waals surface area contributed by atoms with Crippen molar-refractivity contribution in [3.05, 3.63) is 53.4 Å². The lowest BCUT2D eigenvalue weighted by atomic mass is 10.2. The summed E-state index contributed by atoms with van der Waals surface area (Å²) in [5.74, 6) is 0. The van der Waals surface area contributed by atoms with Gasteiger partial charge >= 0.3 is 0 Å². The van der Waals surface area contributed by atoms with E-state index in [9.17, 15) is 0 Å². The minimum absolute atomic E-state index is 0.945. The van der Waals surface area contributed by atoms with Gasteiger partial charge in [-0.05, 0) is 59.7 Å². The second kappa shape index (κ2) is 4.58. The van der Waals surface area contributed by atoms with Crippen LogP contribution in [0, 0.1) is 6.92 Å². The predicted octanol–water partition coefficient (Wildman–Crippen LogP) is 5.56. The second-order valence-corrected chi connectivity index (χ2v) is 6.77. The highest BCUT2D eigenvalue weighted by molar-refractivity contribution is 7.22. The van der Waals surface area contributed by atoms with Crippen LogP contribution < -0.4 is 5.32 Å². The maximum atomic E-state index is 4.63. The molecule has 2 aromatic carbocycles. The molecule has 0 spiro atoms. The van der Waals surface area contributed by atoms with Crippen molar-refractivity contribution in [3.8, 4) is 0 Å². The predicted molar refractivity (Wildman–Crippen MR) is 89.5 cm³/mol. The Morgan fingerprint density at radius 2 is 1.95 bits per heavy atom. The van der Waals surface area contributed by atoms with Crippen LogP contribution >= 0.6 is 22.7 Å². The minimum atomic E-state index is 0.945. The summed E-state index contributed by atoms with van der Waals surface area (Å²) in [5.41, 5.74) is 3.42. The summed E-state index contributed by atoms with van der Waals surface area (Å²) in [4.78, 5) is 4.63. The summed E-state index contributed by atoms with van der Waals surface area (Å²) in [6.07, 6.45) is 0. The van der Waals surface area contributed by atoms with E-state index in [1.807, 2.05) is 0 Å². The lowest BCUT2D eigenvalue weighted by molar-refractivity contribution is 1.43.